The fourth-order valence-corrected chi connectivity index (χ4v) is 5.00. The van der Waals surface area contributed by atoms with E-state index in [9.17, 15) is 4.79 Å². The second-order valence-electron chi connectivity index (χ2n) is 7.81. The molecule has 4 rings (SSSR count). The molecule has 0 bridgehead atoms. The molecule has 0 aliphatic carbocycles. The number of hydrogen-bond acceptors (Lipinski definition) is 5. The van der Waals surface area contributed by atoms with E-state index in [-0.39, 0.29) is 11.9 Å². The molecule has 0 spiro atoms. The molecule has 1 aliphatic heterocycles. The maximum atomic E-state index is 13.0. The molecule has 2 aromatic carbocycles. The minimum atomic E-state index is 0.160. The Morgan fingerprint density at radius 1 is 1.20 bits per heavy atom. The number of carbonyl (C=O) groups is 1. The van der Waals surface area contributed by atoms with E-state index in [4.69, 9.17) is 14.5 Å². The quantitative estimate of drug-likeness (QED) is 0.658. The molecule has 1 aliphatic rings. The summed E-state index contributed by atoms with van der Waals surface area (Å²) in [4.78, 5) is 20.9. The minimum Gasteiger partial charge on any atom is -0.493 e. The van der Waals surface area contributed by atoms with E-state index < -0.39 is 0 Å². The van der Waals surface area contributed by atoms with E-state index in [0.29, 0.717) is 18.8 Å². The number of methoxy groups -OCH3 is 2. The number of likely N-dealkylation sites (N-methyl/N-ethyl adjacent to an activating group) is 1. The second kappa shape index (κ2) is 8.62. The van der Waals surface area contributed by atoms with Crippen LogP contribution < -0.4 is 14.4 Å². The smallest absolute Gasteiger partial charge is 0.278 e. The van der Waals surface area contributed by atoms with Crippen LogP contribution >= 0.6 is 11.3 Å². The molecule has 3 aromatic rings. The number of thiazole rings is 1. The van der Waals surface area contributed by atoms with Crippen molar-refractivity contribution >= 4 is 27.5 Å². The van der Waals surface area contributed by atoms with Gasteiger partial charge in [0.25, 0.3) is 5.91 Å². The Morgan fingerprint density at radius 2 is 1.90 bits per heavy atom. The van der Waals surface area contributed by atoms with Gasteiger partial charge in [0.15, 0.2) is 23.1 Å². The van der Waals surface area contributed by atoms with Crippen LogP contribution in [0.4, 0.5) is 0 Å². The highest BCUT2D eigenvalue weighted by Gasteiger charge is 2.27. The van der Waals surface area contributed by atoms with Gasteiger partial charge in [0.1, 0.15) is 6.04 Å². The third-order valence-corrected chi connectivity index (χ3v) is 7.14. The summed E-state index contributed by atoms with van der Waals surface area (Å²) in [6.45, 7) is 3.92. The molecule has 2 atom stereocenters. The number of fused-ring (bicyclic) bond motifs is 2. The Kier molecular flexibility index (Phi) is 5.92. The lowest BCUT2D eigenvalue weighted by Gasteiger charge is -2.31. The maximum absolute atomic E-state index is 13.0. The summed E-state index contributed by atoms with van der Waals surface area (Å²) in [7, 11) is 5.35. The molecule has 1 N–H and O–H groups in total. The van der Waals surface area contributed by atoms with E-state index >= 15 is 0 Å². The number of benzene rings is 2. The lowest BCUT2D eigenvalue weighted by Crippen LogP contribution is -3.10. The van der Waals surface area contributed by atoms with Crippen molar-refractivity contribution in [2.75, 3.05) is 34.4 Å². The van der Waals surface area contributed by atoms with Crippen molar-refractivity contribution in [3.05, 3.63) is 52.5 Å². The Hall–Kier alpha value is -2.64. The normalized spacial score (nSPS) is 15.5. The number of amides is 1. The molecule has 0 saturated carbocycles. The van der Waals surface area contributed by atoms with E-state index in [1.54, 1.807) is 25.6 Å². The predicted molar refractivity (Wildman–Crippen MR) is 118 cm³/mol. The summed E-state index contributed by atoms with van der Waals surface area (Å²) >= 11 is 1.71. The molecule has 30 heavy (non-hydrogen) atoms. The van der Waals surface area contributed by atoms with Crippen LogP contribution in [0.5, 0.6) is 11.5 Å². The molecule has 1 aromatic heterocycles. The molecule has 1 unspecified atom stereocenters. The lowest BCUT2D eigenvalue weighted by atomic mass is 9.98. The summed E-state index contributed by atoms with van der Waals surface area (Å²) in [5.41, 5.74) is 3.38. The summed E-state index contributed by atoms with van der Waals surface area (Å²) < 4.78 is 12.0. The largest absolute Gasteiger partial charge is 0.493 e. The first-order valence-electron chi connectivity index (χ1n) is 10.2. The van der Waals surface area contributed by atoms with Gasteiger partial charge in [0.2, 0.25) is 0 Å². The van der Waals surface area contributed by atoms with Crippen molar-refractivity contribution in [3.8, 4) is 11.5 Å². The van der Waals surface area contributed by atoms with Gasteiger partial charge in [-0.2, -0.15) is 0 Å². The van der Waals surface area contributed by atoms with Gasteiger partial charge in [-0.05, 0) is 48.7 Å². The Labute approximate surface area is 181 Å². The van der Waals surface area contributed by atoms with Gasteiger partial charge in [-0.15, -0.1) is 11.3 Å². The Bertz CT molecular complexity index is 1030. The van der Waals surface area contributed by atoms with E-state index in [2.05, 4.69) is 20.0 Å². The first-order valence-corrected chi connectivity index (χ1v) is 11.0. The Morgan fingerprint density at radius 3 is 2.60 bits per heavy atom. The van der Waals surface area contributed by atoms with Gasteiger partial charge >= 0.3 is 0 Å². The van der Waals surface area contributed by atoms with Crippen molar-refractivity contribution in [2.45, 2.75) is 25.9 Å². The molecule has 0 radical (unpaired) electrons. The molecular weight excluding hydrogens is 398 g/mol. The molecular formula is C23H28N3O3S+. The predicted octanol–water partition coefficient (Wildman–Crippen LogP) is 2.47. The fraction of sp³-hybridized carbons (Fsp3) is 0.391. The number of para-hydroxylation sites is 1. The van der Waals surface area contributed by atoms with Crippen molar-refractivity contribution in [1.29, 1.82) is 0 Å². The number of hydrogen-bond donors (Lipinski definition) is 1. The van der Waals surface area contributed by atoms with Gasteiger partial charge in [-0.25, -0.2) is 4.98 Å². The van der Waals surface area contributed by atoms with Crippen LogP contribution in [-0.2, 0) is 17.8 Å². The van der Waals surface area contributed by atoms with Crippen LogP contribution in [0.25, 0.3) is 10.2 Å². The zero-order valence-corrected chi connectivity index (χ0v) is 18.7. The summed E-state index contributed by atoms with van der Waals surface area (Å²) in [6, 6.07) is 12.4. The van der Waals surface area contributed by atoms with Gasteiger partial charge in [0, 0.05) is 13.1 Å². The monoisotopic (exact) mass is 426 g/mol. The molecule has 1 amide bonds. The highest BCUT2D eigenvalue weighted by atomic mass is 32.1. The third-order valence-electron chi connectivity index (χ3n) is 5.92. The third kappa shape index (κ3) is 4.00. The topological polar surface area (TPSA) is 56.1 Å². The number of nitrogens with one attached hydrogen (secondary N) is 1. The van der Waals surface area contributed by atoms with Crippen LogP contribution in [0.15, 0.2) is 36.4 Å². The number of carbonyl (C=O) groups excluding carboxylic acids is 1. The van der Waals surface area contributed by atoms with Crippen molar-refractivity contribution in [2.24, 2.45) is 0 Å². The maximum Gasteiger partial charge on any atom is 0.278 e. The lowest BCUT2D eigenvalue weighted by molar-refractivity contribution is -0.902. The standard InChI is InChI=1S/C23H27N3O3S/c1-15(23-24-18-7-5-6-8-21(18)30-23)25(2)14-22(27)26-10-9-16-11-19(28-3)20(29-4)12-17(16)13-26/h5-8,11-12,15H,9-10,13-14H2,1-4H3/p+1/t15-/m0/s1. The zero-order chi connectivity index (χ0) is 21.3. The van der Waals surface area contributed by atoms with Crippen LogP contribution in [0.1, 0.15) is 29.1 Å². The van der Waals surface area contributed by atoms with E-state index in [0.717, 1.165) is 39.7 Å². The van der Waals surface area contributed by atoms with Gasteiger partial charge in [-0.3, -0.25) is 4.79 Å². The minimum absolute atomic E-state index is 0.160. The highest BCUT2D eigenvalue weighted by Crippen LogP contribution is 2.33. The SMILES string of the molecule is COc1cc2c(cc1OC)CN(C(=O)C[NH+](C)[C@@H](C)c1nc3ccccc3s1)CC2. The van der Waals surface area contributed by atoms with Gasteiger partial charge < -0.3 is 19.3 Å². The fourth-order valence-electron chi connectivity index (χ4n) is 3.89. The number of quaternary nitrogens is 1. The van der Waals surface area contributed by atoms with Crippen molar-refractivity contribution in [1.82, 2.24) is 9.88 Å². The van der Waals surface area contributed by atoms with Gasteiger partial charge in [0.05, 0.1) is 31.5 Å². The molecule has 0 saturated heterocycles. The average Bonchev–Trinajstić information content (AvgIpc) is 3.21. The number of rotatable bonds is 6. The van der Waals surface area contributed by atoms with E-state index in [1.807, 2.05) is 35.2 Å². The summed E-state index contributed by atoms with van der Waals surface area (Å²) in [5.74, 6) is 1.61. The van der Waals surface area contributed by atoms with Gasteiger partial charge in [-0.1, -0.05) is 12.1 Å². The van der Waals surface area contributed by atoms with Crippen molar-refractivity contribution < 1.29 is 19.2 Å². The summed E-state index contributed by atoms with van der Waals surface area (Å²) in [6.07, 6.45) is 0.827. The average molecular weight is 427 g/mol. The highest BCUT2D eigenvalue weighted by molar-refractivity contribution is 7.18. The second-order valence-corrected chi connectivity index (χ2v) is 8.87. The molecule has 0 fully saturated rings. The number of aromatic nitrogens is 1. The van der Waals surface area contributed by atoms with Crippen molar-refractivity contribution in [3.63, 3.8) is 0 Å². The molecule has 7 heteroatoms. The number of nitrogens with zero attached hydrogens (tertiary/aromatic N) is 2. The van der Waals surface area contributed by atoms with Crippen LogP contribution in [0.3, 0.4) is 0 Å². The number of ether oxygens (including phenoxy) is 2. The van der Waals surface area contributed by atoms with E-state index in [1.165, 1.54) is 10.3 Å². The first kappa shape index (κ1) is 20.6. The molecule has 6 nitrogen and oxygen atoms in total. The zero-order valence-electron chi connectivity index (χ0n) is 17.9. The van der Waals surface area contributed by atoms with Crippen LogP contribution in [0, 0.1) is 0 Å². The first-order chi connectivity index (χ1) is 14.5. The van der Waals surface area contributed by atoms with Crippen LogP contribution in [0.2, 0.25) is 0 Å². The molecule has 158 valence electrons. The van der Waals surface area contributed by atoms with Crippen LogP contribution in [-0.4, -0.2) is 50.1 Å². The summed E-state index contributed by atoms with van der Waals surface area (Å²) in [5, 5.41) is 1.07. The molecule has 2 heterocycles. The Balaban J connectivity index is 1.43.